The van der Waals surface area contributed by atoms with E-state index in [0.717, 1.165) is 5.76 Å². The van der Waals surface area contributed by atoms with E-state index in [4.69, 9.17) is 9.52 Å². The summed E-state index contributed by atoms with van der Waals surface area (Å²) in [4.78, 5) is 22.3. The summed E-state index contributed by atoms with van der Waals surface area (Å²) < 4.78 is 5.14. The number of carbonyl (C=O) groups excluding carboxylic acids is 1. The average molecular weight is 264 g/mol. The summed E-state index contributed by atoms with van der Waals surface area (Å²) in [6.07, 6.45) is 5.94. The molecule has 19 heavy (non-hydrogen) atoms. The number of carboxylic acids is 1. The normalized spacial score (nSPS) is 21.3. The minimum Gasteiger partial charge on any atom is -0.481 e. The molecule has 2 rings (SSSR count). The highest BCUT2D eigenvalue weighted by Crippen LogP contribution is 2.17. The minimum atomic E-state index is -0.862. The summed E-state index contributed by atoms with van der Waals surface area (Å²) in [5.74, 6) is -0.556. The van der Waals surface area contributed by atoms with Crippen LogP contribution in [0.1, 0.15) is 12.2 Å². The second-order valence-electron chi connectivity index (χ2n) is 4.40. The lowest BCUT2D eigenvalue weighted by atomic mass is 10.1. The molecule has 1 aliphatic carbocycles. The third-order valence-electron chi connectivity index (χ3n) is 2.95. The van der Waals surface area contributed by atoms with E-state index in [2.05, 4.69) is 10.6 Å². The predicted molar refractivity (Wildman–Crippen MR) is 67.6 cm³/mol. The molecule has 102 valence electrons. The monoisotopic (exact) mass is 264 g/mol. The maximum Gasteiger partial charge on any atom is 0.315 e. The van der Waals surface area contributed by atoms with Crippen LogP contribution in [0.3, 0.4) is 0 Å². The molecule has 0 bridgehead atoms. The summed E-state index contributed by atoms with van der Waals surface area (Å²) in [5.41, 5.74) is 0. The number of aliphatic carboxylic acids is 1. The maximum absolute atomic E-state index is 11.6. The van der Waals surface area contributed by atoms with E-state index in [-0.39, 0.29) is 12.1 Å². The summed E-state index contributed by atoms with van der Waals surface area (Å²) in [6.45, 7) is 0.470. The molecule has 6 nitrogen and oxygen atoms in total. The SMILES string of the molecule is O=C(NCCc1ccco1)NC1C=CC(C(=O)O)C1. The Kier molecular flexibility index (Phi) is 4.22. The number of amides is 2. The fourth-order valence-electron chi connectivity index (χ4n) is 1.96. The van der Waals surface area contributed by atoms with Gasteiger partial charge in [0.15, 0.2) is 0 Å². The van der Waals surface area contributed by atoms with Gasteiger partial charge in [0.05, 0.1) is 18.2 Å². The third-order valence-corrected chi connectivity index (χ3v) is 2.95. The number of carbonyl (C=O) groups is 2. The zero-order chi connectivity index (χ0) is 13.7. The first-order valence-corrected chi connectivity index (χ1v) is 6.13. The molecule has 6 heteroatoms. The first-order chi connectivity index (χ1) is 9.15. The van der Waals surface area contributed by atoms with Crippen molar-refractivity contribution in [2.75, 3.05) is 6.54 Å². The molecule has 1 aromatic rings. The van der Waals surface area contributed by atoms with Gasteiger partial charge in [-0.05, 0) is 18.6 Å². The van der Waals surface area contributed by atoms with Gasteiger partial charge in [-0.1, -0.05) is 12.2 Å². The highest BCUT2D eigenvalue weighted by Gasteiger charge is 2.25. The van der Waals surface area contributed by atoms with E-state index in [1.807, 2.05) is 6.07 Å². The van der Waals surface area contributed by atoms with Gasteiger partial charge in [-0.25, -0.2) is 4.79 Å². The molecule has 0 aliphatic heterocycles. The molecule has 0 radical (unpaired) electrons. The molecule has 1 heterocycles. The van der Waals surface area contributed by atoms with E-state index in [0.29, 0.717) is 19.4 Å². The number of hydrogen-bond acceptors (Lipinski definition) is 3. The van der Waals surface area contributed by atoms with Crippen LogP contribution in [0.25, 0.3) is 0 Å². The standard InChI is InChI=1S/C13H16N2O4/c16-12(17)9-3-4-10(8-9)15-13(18)14-6-5-11-2-1-7-19-11/h1-4,7,9-10H,5-6,8H2,(H,16,17)(H2,14,15,18). The number of nitrogens with one attached hydrogen (secondary N) is 2. The number of rotatable bonds is 5. The Balaban J connectivity index is 1.65. The number of hydrogen-bond donors (Lipinski definition) is 3. The first-order valence-electron chi connectivity index (χ1n) is 6.13. The Hall–Kier alpha value is -2.24. The number of carboxylic acid groups (broad SMARTS) is 1. The molecular weight excluding hydrogens is 248 g/mol. The highest BCUT2D eigenvalue weighted by atomic mass is 16.4. The Morgan fingerprint density at radius 1 is 1.42 bits per heavy atom. The molecule has 0 aromatic carbocycles. The van der Waals surface area contributed by atoms with Crippen molar-refractivity contribution >= 4 is 12.0 Å². The Labute approximate surface area is 110 Å². The maximum atomic E-state index is 11.6. The summed E-state index contributed by atoms with van der Waals surface area (Å²) >= 11 is 0. The fraction of sp³-hybridized carbons (Fsp3) is 0.385. The average Bonchev–Trinajstić information content (AvgIpc) is 3.00. The Morgan fingerprint density at radius 3 is 2.89 bits per heavy atom. The van der Waals surface area contributed by atoms with E-state index < -0.39 is 11.9 Å². The molecule has 1 aromatic heterocycles. The summed E-state index contributed by atoms with van der Waals surface area (Å²) in [7, 11) is 0. The van der Waals surface area contributed by atoms with Crippen LogP contribution in [-0.2, 0) is 11.2 Å². The Morgan fingerprint density at radius 2 is 2.26 bits per heavy atom. The molecule has 0 fully saturated rings. The molecule has 1 aliphatic rings. The van der Waals surface area contributed by atoms with Crippen molar-refractivity contribution in [3.63, 3.8) is 0 Å². The smallest absolute Gasteiger partial charge is 0.315 e. The van der Waals surface area contributed by atoms with Crippen molar-refractivity contribution in [3.05, 3.63) is 36.3 Å². The van der Waals surface area contributed by atoms with Crippen molar-refractivity contribution in [1.82, 2.24) is 10.6 Å². The fourth-order valence-corrected chi connectivity index (χ4v) is 1.96. The predicted octanol–water partition coefficient (Wildman–Crippen LogP) is 1.15. The van der Waals surface area contributed by atoms with Gasteiger partial charge in [-0.15, -0.1) is 0 Å². The van der Waals surface area contributed by atoms with Gasteiger partial charge in [0.25, 0.3) is 0 Å². The molecular formula is C13H16N2O4. The van der Waals surface area contributed by atoms with E-state index in [9.17, 15) is 9.59 Å². The molecule has 0 spiro atoms. The molecule has 0 saturated heterocycles. The van der Waals surface area contributed by atoms with Crippen LogP contribution in [0.2, 0.25) is 0 Å². The van der Waals surface area contributed by atoms with Gasteiger partial charge in [0.1, 0.15) is 5.76 Å². The van der Waals surface area contributed by atoms with E-state index in [1.165, 1.54) is 0 Å². The zero-order valence-corrected chi connectivity index (χ0v) is 10.3. The number of furan rings is 1. The minimum absolute atomic E-state index is 0.218. The topological polar surface area (TPSA) is 91.6 Å². The lowest BCUT2D eigenvalue weighted by molar-refractivity contribution is -0.140. The van der Waals surface area contributed by atoms with Crippen molar-refractivity contribution in [2.24, 2.45) is 5.92 Å². The van der Waals surface area contributed by atoms with Crippen molar-refractivity contribution in [1.29, 1.82) is 0 Å². The quantitative estimate of drug-likeness (QED) is 0.696. The van der Waals surface area contributed by atoms with Crippen molar-refractivity contribution in [2.45, 2.75) is 18.9 Å². The van der Waals surface area contributed by atoms with Gasteiger partial charge in [0, 0.05) is 13.0 Å². The van der Waals surface area contributed by atoms with Gasteiger partial charge in [0.2, 0.25) is 0 Å². The largest absolute Gasteiger partial charge is 0.481 e. The van der Waals surface area contributed by atoms with Gasteiger partial charge >= 0.3 is 12.0 Å². The van der Waals surface area contributed by atoms with Crippen molar-refractivity contribution < 1.29 is 19.1 Å². The van der Waals surface area contributed by atoms with Crippen LogP contribution in [0.15, 0.2) is 35.0 Å². The summed E-state index contributed by atoms with van der Waals surface area (Å²) in [5, 5.41) is 14.2. The zero-order valence-electron chi connectivity index (χ0n) is 10.3. The molecule has 2 amide bonds. The molecule has 2 unspecified atom stereocenters. The van der Waals surface area contributed by atoms with E-state index >= 15 is 0 Å². The van der Waals surface area contributed by atoms with Crippen LogP contribution < -0.4 is 10.6 Å². The lowest BCUT2D eigenvalue weighted by Crippen LogP contribution is -2.41. The second kappa shape index (κ2) is 6.08. The third kappa shape index (κ3) is 3.87. The van der Waals surface area contributed by atoms with Crippen LogP contribution in [0, 0.1) is 5.92 Å². The molecule has 0 saturated carbocycles. The van der Waals surface area contributed by atoms with Gasteiger partial charge in [-0.3, -0.25) is 4.79 Å². The van der Waals surface area contributed by atoms with E-state index in [1.54, 1.807) is 24.5 Å². The summed E-state index contributed by atoms with van der Waals surface area (Å²) in [6, 6.07) is 3.12. The highest BCUT2D eigenvalue weighted by molar-refractivity contribution is 5.76. The molecule has 2 atom stereocenters. The van der Waals surface area contributed by atoms with Gasteiger partial charge in [-0.2, -0.15) is 0 Å². The van der Waals surface area contributed by atoms with Gasteiger partial charge < -0.3 is 20.2 Å². The first kappa shape index (κ1) is 13.2. The van der Waals surface area contributed by atoms with Crippen LogP contribution in [0.4, 0.5) is 4.79 Å². The Bertz CT molecular complexity index is 467. The van der Waals surface area contributed by atoms with Crippen LogP contribution >= 0.6 is 0 Å². The van der Waals surface area contributed by atoms with Crippen LogP contribution in [0.5, 0.6) is 0 Å². The lowest BCUT2D eigenvalue weighted by Gasteiger charge is -2.12. The van der Waals surface area contributed by atoms with Crippen molar-refractivity contribution in [3.8, 4) is 0 Å². The second-order valence-corrected chi connectivity index (χ2v) is 4.40. The molecule has 3 N–H and O–H groups in total. The number of urea groups is 1. The van der Waals surface area contributed by atoms with Crippen LogP contribution in [-0.4, -0.2) is 29.7 Å².